The molecule has 1 N–H and O–H groups in total. The Balaban J connectivity index is 2.21. The number of rotatable bonds is 4. The molecule has 0 bridgehead atoms. The molecular formula is C14H16BrNS. The first-order chi connectivity index (χ1) is 8.20. The lowest BCUT2D eigenvalue weighted by molar-refractivity contribution is 0.799. The lowest BCUT2D eigenvalue weighted by Crippen LogP contribution is -2.09. The zero-order chi connectivity index (χ0) is 12.3. The Kier molecular flexibility index (Phi) is 4.37. The van der Waals surface area contributed by atoms with E-state index in [4.69, 9.17) is 0 Å². The van der Waals surface area contributed by atoms with Gasteiger partial charge in [-0.15, -0.1) is 11.3 Å². The van der Waals surface area contributed by atoms with Gasteiger partial charge in [-0.2, -0.15) is 0 Å². The van der Waals surface area contributed by atoms with Gasteiger partial charge in [-0.3, -0.25) is 0 Å². The Morgan fingerprint density at radius 2 is 2.06 bits per heavy atom. The molecule has 0 atom stereocenters. The van der Waals surface area contributed by atoms with Crippen LogP contribution in [0.15, 0.2) is 34.8 Å². The fourth-order valence-corrected chi connectivity index (χ4v) is 2.96. The number of benzene rings is 1. The highest BCUT2D eigenvalue weighted by molar-refractivity contribution is 9.10. The number of hydrogen-bond acceptors (Lipinski definition) is 2. The molecule has 0 fully saturated rings. The summed E-state index contributed by atoms with van der Waals surface area (Å²) in [5.74, 6) is 0. The van der Waals surface area contributed by atoms with Crippen LogP contribution in [0.2, 0.25) is 0 Å². The molecule has 1 heterocycles. The van der Waals surface area contributed by atoms with E-state index < -0.39 is 0 Å². The third-order valence-corrected chi connectivity index (χ3v) is 4.81. The van der Waals surface area contributed by atoms with Crippen molar-refractivity contribution < 1.29 is 0 Å². The molecule has 1 aromatic carbocycles. The minimum Gasteiger partial charge on any atom is -0.319 e. The minimum absolute atomic E-state index is 1.04. The molecule has 90 valence electrons. The fourth-order valence-electron chi connectivity index (χ4n) is 1.71. The molecule has 0 aliphatic heterocycles. The summed E-state index contributed by atoms with van der Waals surface area (Å²) in [5, 5.41) is 3.18. The van der Waals surface area contributed by atoms with Gasteiger partial charge in [0.25, 0.3) is 0 Å². The van der Waals surface area contributed by atoms with Gasteiger partial charge in [0, 0.05) is 14.2 Å². The number of likely N-dealkylation sites (N-methyl/N-ethyl adjacent to an activating group) is 1. The van der Waals surface area contributed by atoms with Gasteiger partial charge in [0.1, 0.15) is 0 Å². The second kappa shape index (κ2) is 5.80. The second-order valence-electron chi connectivity index (χ2n) is 4.08. The first-order valence-electron chi connectivity index (χ1n) is 5.70. The summed E-state index contributed by atoms with van der Waals surface area (Å²) in [4.78, 5) is 2.79. The van der Waals surface area contributed by atoms with Crippen molar-refractivity contribution in [3.8, 4) is 10.4 Å². The Hall–Kier alpha value is -0.640. The smallest absolute Gasteiger partial charge is 0.0345 e. The van der Waals surface area contributed by atoms with E-state index in [1.807, 2.05) is 18.4 Å². The summed E-state index contributed by atoms with van der Waals surface area (Å²) in [6.07, 6.45) is 1.11. The van der Waals surface area contributed by atoms with Crippen molar-refractivity contribution in [3.05, 3.63) is 45.2 Å². The zero-order valence-electron chi connectivity index (χ0n) is 10.1. The highest BCUT2D eigenvalue weighted by Crippen LogP contribution is 2.30. The molecule has 17 heavy (non-hydrogen) atoms. The van der Waals surface area contributed by atoms with Gasteiger partial charge in [-0.25, -0.2) is 0 Å². The predicted molar refractivity (Wildman–Crippen MR) is 79.8 cm³/mol. The Bertz CT molecular complexity index is 505. The van der Waals surface area contributed by atoms with E-state index in [9.17, 15) is 0 Å². The van der Waals surface area contributed by atoms with E-state index in [-0.39, 0.29) is 0 Å². The fraction of sp³-hybridized carbons (Fsp3) is 0.286. The van der Waals surface area contributed by atoms with E-state index in [0.717, 1.165) is 13.0 Å². The molecule has 1 nitrogen and oxygen atoms in total. The summed E-state index contributed by atoms with van der Waals surface area (Å²) >= 11 is 5.42. The summed E-state index contributed by atoms with van der Waals surface area (Å²) in [6.45, 7) is 3.17. The van der Waals surface area contributed by atoms with Crippen LogP contribution in [-0.2, 0) is 6.42 Å². The van der Waals surface area contributed by atoms with Crippen LogP contribution >= 0.6 is 27.3 Å². The van der Waals surface area contributed by atoms with Crippen LogP contribution in [0.3, 0.4) is 0 Å². The maximum atomic E-state index is 3.54. The molecule has 3 heteroatoms. The number of thiophene rings is 1. The van der Waals surface area contributed by atoms with Crippen LogP contribution in [0, 0.1) is 6.92 Å². The highest BCUT2D eigenvalue weighted by atomic mass is 79.9. The average molecular weight is 310 g/mol. The van der Waals surface area contributed by atoms with E-state index in [2.05, 4.69) is 58.5 Å². The molecule has 0 unspecified atom stereocenters. The molecule has 0 amide bonds. The Labute approximate surface area is 115 Å². The maximum absolute atomic E-state index is 3.54. The van der Waals surface area contributed by atoms with Crippen LogP contribution in [0.5, 0.6) is 0 Å². The van der Waals surface area contributed by atoms with Gasteiger partial charge < -0.3 is 5.32 Å². The van der Waals surface area contributed by atoms with Gasteiger partial charge in [-0.1, -0.05) is 22.0 Å². The normalized spacial score (nSPS) is 10.8. The molecule has 1 aromatic heterocycles. The van der Waals surface area contributed by atoms with Crippen LogP contribution in [0.1, 0.15) is 10.4 Å². The molecule has 0 radical (unpaired) electrons. The van der Waals surface area contributed by atoms with Gasteiger partial charge in [0.05, 0.1) is 0 Å². The predicted octanol–water partition coefficient (Wildman–Crippen LogP) is 4.25. The molecule has 2 aromatic rings. The maximum Gasteiger partial charge on any atom is 0.0345 e. The van der Waals surface area contributed by atoms with Gasteiger partial charge in [-0.05, 0) is 62.3 Å². The first-order valence-corrected chi connectivity index (χ1v) is 7.31. The number of hydrogen-bond donors (Lipinski definition) is 1. The Morgan fingerprint density at radius 1 is 1.24 bits per heavy atom. The van der Waals surface area contributed by atoms with Crippen molar-refractivity contribution in [1.29, 1.82) is 0 Å². The van der Waals surface area contributed by atoms with E-state index in [0.29, 0.717) is 0 Å². The SMILES string of the molecule is CNCCc1ccc(-c2ccc(Br)c(C)c2)s1. The number of nitrogens with one attached hydrogen (secondary N) is 1. The van der Waals surface area contributed by atoms with E-state index in [1.54, 1.807) is 0 Å². The van der Waals surface area contributed by atoms with Crippen LogP contribution in [0.25, 0.3) is 10.4 Å². The lowest BCUT2D eigenvalue weighted by Gasteiger charge is -2.01. The standard InChI is InChI=1S/C14H16BrNS/c1-10-9-11(3-5-13(10)15)14-6-4-12(17-14)7-8-16-2/h3-6,9,16H,7-8H2,1-2H3. The van der Waals surface area contributed by atoms with Crippen molar-refractivity contribution in [2.45, 2.75) is 13.3 Å². The minimum atomic E-state index is 1.04. The highest BCUT2D eigenvalue weighted by Gasteiger charge is 2.04. The summed E-state index contributed by atoms with van der Waals surface area (Å²) in [5.41, 5.74) is 2.60. The van der Waals surface area contributed by atoms with E-state index in [1.165, 1.54) is 25.4 Å². The molecule has 2 rings (SSSR count). The molecule has 0 saturated heterocycles. The topological polar surface area (TPSA) is 12.0 Å². The zero-order valence-corrected chi connectivity index (χ0v) is 12.5. The van der Waals surface area contributed by atoms with Crippen molar-refractivity contribution in [3.63, 3.8) is 0 Å². The molecule has 0 aliphatic rings. The summed E-state index contributed by atoms with van der Waals surface area (Å²) in [7, 11) is 1.99. The van der Waals surface area contributed by atoms with Crippen molar-refractivity contribution in [2.75, 3.05) is 13.6 Å². The average Bonchev–Trinajstić information content (AvgIpc) is 2.79. The lowest BCUT2D eigenvalue weighted by atomic mass is 10.1. The molecule has 0 spiro atoms. The van der Waals surface area contributed by atoms with Crippen molar-refractivity contribution in [1.82, 2.24) is 5.32 Å². The summed E-state index contributed by atoms with van der Waals surface area (Å²) < 4.78 is 1.17. The largest absolute Gasteiger partial charge is 0.319 e. The summed E-state index contributed by atoms with van der Waals surface area (Å²) in [6, 6.07) is 11.0. The monoisotopic (exact) mass is 309 g/mol. The molecule has 0 saturated carbocycles. The second-order valence-corrected chi connectivity index (χ2v) is 6.11. The van der Waals surface area contributed by atoms with Gasteiger partial charge in [0.2, 0.25) is 0 Å². The molecule has 0 aliphatic carbocycles. The third-order valence-electron chi connectivity index (χ3n) is 2.73. The number of halogens is 1. The molecular weight excluding hydrogens is 294 g/mol. The number of aryl methyl sites for hydroxylation is 1. The van der Waals surface area contributed by atoms with Gasteiger partial charge in [0.15, 0.2) is 0 Å². The van der Waals surface area contributed by atoms with Crippen LogP contribution < -0.4 is 5.32 Å². The van der Waals surface area contributed by atoms with Crippen LogP contribution in [-0.4, -0.2) is 13.6 Å². The third kappa shape index (κ3) is 3.18. The van der Waals surface area contributed by atoms with Crippen molar-refractivity contribution >= 4 is 27.3 Å². The quantitative estimate of drug-likeness (QED) is 0.890. The van der Waals surface area contributed by atoms with Gasteiger partial charge >= 0.3 is 0 Å². The van der Waals surface area contributed by atoms with Crippen molar-refractivity contribution in [2.24, 2.45) is 0 Å². The van der Waals surface area contributed by atoms with E-state index >= 15 is 0 Å². The first kappa shape index (κ1) is 12.8. The van der Waals surface area contributed by atoms with Crippen LogP contribution in [0.4, 0.5) is 0 Å². The Morgan fingerprint density at radius 3 is 2.76 bits per heavy atom.